The number of ether oxygens (including phenoxy) is 1. The predicted molar refractivity (Wildman–Crippen MR) is 61.0 cm³/mol. The van der Waals surface area contributed by atoms with Crippen molar-refractivity contribution in [3.8, 4) is 0 Å². The monoisotopic (exact) mass is 224 g/mol. The first-order valence-electron chi connectivity index (χ1n) is 5.20. The maximum Gasteiger partial charge on any atom is 0.176 e. The minimum atomic E-state index is -1.07. The van der Waals surface area contributed by atoms with Gasteiger partial charge in [-0.2, -0.15) is 0 Å². The van der Waals surface area contributed by atoms with Crippen LogP contribution in [-0.2, 0) is 15.5 Å². The summed E-state index contributed by atoms with van der Waals surface area (Å²) in [5.74, 6) is 0. The van der Waals surface area contributed by atoms with Crippen LogP contribution in [0.4, 0.5) is 0 Å². The molecule has 0 aliphatic carbocycles. The number of benzene rings is 1. The van der Waals surface area contributed by atoms with Crippen LogP contribution in [0, 0.1) is 0 Å². The smallest absolute Gasteiger partial charge is 0.176 e. The Balaban J connectivity index is 2.30. The summed E-state index contributed by atoms with van der Waals surface area (Å²) >= 11 is 0. The first kappa shape index (κ1) is 10.8. The third-order valence-electron chi connectivity index (χ3n) is 3.02. The molecule has 1 heterocycles. The number of epoxide rings is 1. The maximum absolute atomic E-state index is 12.4. The molecule has 1 fully saturated rings. The van der Waals surface area contributed by atoms with Gasteiger partial charge in [0.05, 0.1) is 10.8 Å². The second kappa shape index (κ2) is 3.42. The average molecular weight is 224 g/mol. The highest BCUT2D eigenvalue weighted by atomic mass is 32.2. The number of hydrogen-bond donors (Lipinski definition) is 0. The predicted octanol–water partition coefficient (Wildman–Crippen LogP) is 2.71. The summed E-state index contributed by atoms with van der Waals surface area (Å²) in [4.78, 5) is 0.374. The van der Waals surface area contributed by atoms with Crippen LogP contribution >= 0.6 is 0 Å². The van der Waals surface area contributed by atoms with Crippen molar-refractivity contribution in [3.63, 3.8) is 0 Å². The fourth-order valence-electron chi connectivity index (χ4n) is 2.01. The van der Waals surface area contributed by atoms with E-state index in [-0.39, 0.29) is 5.60 Å². The Kier molecular flexibility index (Phi) is 2.47. The van der Waals surface area contributed by atoms with Crippen LogP contribution in [0.3, 0.4) is 0 Å². The Hall–Kier alpha value is -0.670. The van der Waals surface area contributed by atoms with Gasteiger partial charge in [-0.15, -0.1) is 0 Å². The fourth-order valence-corrected chi connectivity index (χ4v) is 3.79. The molecule has 0 bridgehead atoms. The maximum atomic E-state index is 12.4. The van der Waals surface area contributed by atoms with Crippen LogP contribution in [0.1, 0.15) is 27.2 Å². The molecule has 1 aromatic carbocycles. The van der Waals surface area contributed by atoms with Crippen molar-refractivity contribution in [2.24, 2.45) is 0 Å². The summed E-state index contributed by atoms with van der Waals surface area (Å²) in [7, 11) is -1.07. The lowest BCUT2D eigenvalue weighted by Gasteiger charge is -2.12. The SMILES string of the molecule is CCC1(S(=O)c2ccccc2)OC1(C)C. The van der Waals surface area contributed by atoms with Gasteiger partial charge in [0.2, 0.25) is 0 Å². The zero-order valence-corrected chi connectivity index (χ0v) is 10.1. The van der Waals surface area contributed by atoms with Crippen molar-refractivity contribution in [1.29, 1.82) is 0 Å². The zero-order chi connectivity index (χ0) is 11.1. The van der Waals surface area contributed by atoms with Gasteiger partial charge in [0.15, 0.2) is 4.93 Å². The van der Waals surface area contributed by atoms with E-state index in [0.29, 0.717) is 0 Å². The molecular formula is C12H16O2S. The van der Waals surface area contributed by atoms with E-state index >= 15 is 0 Å². The van der Waals surface area contributed by atoms with Crippen molar-refractivity contribution < 1.29 is 8.95 Å². The second-order valence-electron chi connectivity index (χ2n) is 4.30. The molecule has 0 saturated carbocycles. The number of rotatable bonds is 3. The third kappa shape index (κ3) is 1.54. The van der Waals surface area contributed by atoms with E-state index in [1.807, 2.05) is 51.1 Å². The lowest BCUT2D eigenvalue weighted by molar-refractivity contribution is 0.310. The summed E-state index contributed by atoms with van der Waals surface area (Å²) in [6.07, 6.45) is 0.779. The Morgan fingerprint density at radius 3 is 2.20 bits per heavy atom. The Morgan fingerprint density at radius 2 is 1.80 bits per heavy atom. The highest BCUT2D eigenvalue weighted by Gasteiger charge is 2.67. The molecular weight excluding hydrogens is 208 g/mol. The van der Waals surface area contributed by atoms with Gasteiger partial charge in [-0.1, -0.05) is 25.1 Å². The lowest BCUT2D eigenvalue weighted by Crippen LogP contribution is -2.25. The summed E-state index contributed by atoms with van der Waals surface area (Å²) in [5, 5.41) is 0. The van der Waals surface area contributed by atoms with Crippen LogP contribution in [0.5, 0.6) is 0 Å². The average Bonchev–Trinajstić information content (AvgIpc) is 2.82. The first-order valence-corrected chi connectivity index (χ1v) is 6.35. The highest BCUT2D eigenvalue weighted by molar-refractivity contribution is 7.86. The molecule has 1 aliphatic heterocycles. The molecule has 0 aromatic heterocycles. The van der Waals surface area contributed by atoms with Gasteiger partial charge in [-0.3, -0.25) is 4.21 Å². The minimum absolute atomic E-state index is 0.261. The van der Waals surface area contributed by atoms with E-state index in [1.54, 1.807) is 0 Å². The molecule has 3 heteroatoms. The van der Waals surface area contributed by atoms with Crippen molar-refractivity contribution in [1.82, 2.24) is 0 Å². The highest BCUT2D eigenvalue weighted by Crippen LogP contribution is 2.53. The molecule has 0 amide bonds. The first-order chi connectivity index (χ1) is 7.03. The molecule has 2 unspecified atom stereocenters. The molecule has 0 N–H and O–H groups in total. The van der Waals surface area contributed by atoms with E-state index in [0.717, 1.165) is 11.3 Å². The van der Waals surface area contributed by atoms with Gasteiger partial charge in [0.25, 0.3) is 0 Å². The topological polar surface area (TPSA) is 29.6 Å². The Morgan fingerprint density at radius 1 is 1.27 bits per heavy atom. The van der Waals surface area contributed by atoms with Gasteiger partial charge < -0.3 is 4.74 Å². The summed E-state index contributed by atoms with van der Waals surface area (Å²) in [5.41, 5.74) is -0.261. The lowest BCUT2D eigenvalue weighted by atomic mass is 10.1. The van der Waals surface area contributed by atoms with Gasteiger partial charge in [-0.05, 0) is 32.4 Å². The molecule has 2 nitrogen and oxygen atoms in total. The van der Waals surface area contributed by atoms with E-state index < -0.39 is 15.7 Å². The van der Waals surface area contributed by atoms with Gasteiger partial charge in [0, 0.05) is 4.90 Å². The van der Waals surface area contributed by atoms with Crippen molar-refractivity contribution in [2.75, 3.05) is 0 Å². The van der Waals surface area contributed by atoms with Gasteiger partial charge >= 0.3 is 0 Å². The summed E-state index contributed by atoms with van der Waals surface area (Å²) in [6, 6.07) is 9.53. The Labute approximate surface area is 93.1 Å². The normalized spacial score (nSPS) is 29.8. The van der Waals surface area contributed by atoms with Crippen molar-refractivity contribution in [2.45, 2.75) is 42.6 Å². The van der Waals surface area contributed by atoms with Crippen LogP contribution in [0.15, 0.2) is 35.2 Å². The Bertz CT molecular complexity index is 386. The molecule has 0 spiro atoms. The van der Waals surface area contributed by atoms with Crippen LogP contribution < -0.4 is 0 Å². The molecule has 82 valence electrons. The van der Waals surface area contributed by atoms with Crippen LogP contribution in [0.25, 0.3) is 0 Å². The van der Waals surface area contributed by atoms with Crippen LogP contribution in [0.2, 0.25) is 0 Å². The van der Waals surface area contributed by atoms with E-state index in [2.05, 4.69) is 0 Å². The largest absolute Gasteiger partial charge is 0.348 e. The van der Waals surface area contributed by atoms with Crippen molar-refractivity contribution >= 4 is 10.8 Å². The van der Waals surface area contributed by atoms with Gasteiger partial charge in [0.1, 0.15) is 5.60 Å². The second-order valence-corrected chi connectivity index (χ2v) is 5.97. The van der Waals surface area contributed by atoms with Crippen molar-refractivity contribution in [3.05, 3.63) is 30.3 Å². The molecule has 0 radical (unpaired) electrons. The molecule has 1 saturated heterocycles. The molecule has 15 heavy (non-hydrogen) atoms. The zero-order valence-electron chi connectivity index (χ0n) is 9.32. The molecule has 1 aromatic rings. The molecule has 2 atom stereocenters. The van der Waals surface area contributed by atoms with E-state index in [4.69, 9.17) is 4.74 Å². The quantitative estimate of drug-likeness (QED) is 0.739. The fraction of sp³-hybridized carbons (Fsp3) is 0.500. The molecule has 2 rings (SSSR count). The summed E-state index contributed by atoms with van der Waals surface area (Å²) in [6.45, 7) is 6.02. The summed E-state index contributed by atoms with van der Waals surface area (Å²) < 4.78 is 18.0. The van der Waals surface area contributed by atoms with Crippen LogP contribution in [-0.4, -0.2) is 14.7 Å². The third-order valence-corrected chi connectivity index (χ3v) is 5.18. The molecule has 1 aliphatic rings. The van der Waals surface area contributed by atoms with E-state index in [9.17, 15) is 4.21 Å². The number of hydrogen-bond acceptors (Lipinski definition) is 2. The minimum Gasteiger partial charge on any atom is -0.348 e. The van der Waals surface area contributed by atoms with Gasteiger partial charge in [-0.25, -0.2) is 0 Å². The standard InChI is InChI=1S/C12H16O2S/c1-4-12(11(2,3)14-12)15(13)10-8-6-5-7-9-10/h5-9H,4H2,1-3H3. The van der Waals surface area contributed by atoms with E-state index in [1.165, 1.54) is 0 Å².